The lowest BCUT2D eigenvalue weighted by molar-refractivity contribution is -0.138. The molecule has 0 unspecified atom stereocenters. The Labute approximate surface area is 104 Å². The smallest absolute Gasteiger partial charge is 0.169 e. The Morgan fingerprint density at radius 3 is 2.47 bits per heavy atom. The second-order valence-electron chi connectivity index (χ2n) is 4.78. The Morgan fingerprint density at radius 1 is 1.29 bits per heavy atom. The van der Waals surface area contributed by atoms with Crippen molar-refractivity contribution in [1.29, 1.82) is 0 Å². The van der Waals surface area contributed by atoms with Crippen molar-refractivity contribution in [1.82, 2.24) is 0 Å². The van der Waals surface area contributed by atoms with Gasteiger partial charge in [-0.1, -0.05) is 25.8 Å². The van der Waals surface area contributed by atoms with Crippen molar-refractivity contribution < 1.29 is 14.3 Å². The van der Waals surface area contributed by atoms with E-state index in [-0.39, 0.29) is 5.78 Å². The SMILES string of the molecule is CCCCC/C(=C\CC1(C)OCCO1)C(C)=O. The molecule has 0 N–H and O–H groups in total. The Balaban J connectivity index is 2.48. The van der Waals surface area contributed by atoms with Gasteiger partial charge in [-0.15, -0.1) is 0 Å². The molecule has 0 aliphatic carbocycles. The van der Waals surface area contributed by atoms with Gasteiger partial charge in [-0.05, 0) is 32.3 Å². The van der Waals surface area contributed by atoms with Crippen molar-refractivity contribution in [2.75, 3.05) is 13.2 Å². The summed E-state index contributed by atoms with van der Waals surface area (Å²) >= 11 is 0. The molecule has 98 valence electrons. The maximum absolute atomic E-state index is 11.5. The molecule has 0 spiro atoms. The highest BCUT2D eigenvalue weighted by molar-refractivity contribution is 5.93. The van der Waals surface area contributed by atoms with Crippen molar-refractivity contribution in [2.45, 2.75) is 58.7 Å². The van der Waals surface area contributed by atoms with E-state index < -0.39 is 5.79 Å². The van der Waals surface area contributed by atoms with E-state index in [0.717, 1.165) is 18.4 Å². The minimum Gasteiger partial charge on any atom is -0.348 e. The van der Waals surface area contributed by atoms with Crippen LogP contribution in [0, 0.1) is 0 Å². The summed E-state index contributed by atoms with van der Waals surface area (Å²) in [5.41, 5.74) is 0.916. The van der Waals surface area contributed by atoms with Crippen LogP contribution in [0.15, 0.2) is 11.6 Å². The molecule has 0 aromatic rings. The molecule has 1 saturated heterocycles. The molecule has 3 nitrogen and oxygen atoms in total. The van der Waals surface area contributed by atoms with Gasteiger partial charge in [0.2, 0.25) is 0 Å². The Bertz CT molecular complexity index is 275. The number of carbonyl (C=O) groups excluding carboxylic acids is 1. The molecule has 0 bridgehead atoms. The Morgan fingerprint density at radius 2 is 1.94 bits per heavy atom. The average Bonchev–Trinajstić information content (AvgIpc) is 2.70. The van der Waals surface area contributed by atoms with Crippen molar-refractivity contribution in [2.24, 2.45) is 0 Å². The normalized spacial score (nSPS) is 19.6. The Kier molecular flexibility index (Phi) is 5.86. The molecule has 0 aromatic carbocycles. The highest BCUT2D eigenvalue weighted by Gasteiger charge is 2.29. The summed E-state index contributed by atoms with van der Waals surface area (Å²) in [7, 11) is 0. The molecule has 0 amide bonds. The summed E-state index contributed by atoms with van der Waals surface area (Å²) in [5.74, 6) is -0.353. The van der Waals surface area contributed by atoms with Gasteiger partial charge in [-0.3, -0.25) is 4.79 Å². The lowest BCUT2D eigenvalue weighted by Gasteiger charge is -2.20. The van der Waals surface area contributed by atoms with Crippen LogP contribution in [-0.4, -0.2) is 24.8 Å². The monoisotopic (exact) mass is 240 g/mol. The fraction of sp³-hybridized carbons (Fsp3) is 0.786. The Hall–Kier alpha value is -0.670. The third kappa shape index (κ3) is 5.00. The second kappa shape index (κ2) is 6.92. The summed E-state index contributed by atoms with van der Waals surface area (Å²) in [6.07, 6.45) is 6.96. The molecule has 0 saturated carbocycles. The van der Waals surface area contributed by atoms with E-state index in [1.807, 2.05) is 13.0 Å². The minimum absolute atomic E-state index is 0.169. The standard InChI is InChI=1S/C14H24O3/c1-4-5-6-7-13(12(2)15)8-9-14(3)16-10-11-17-14/h8H,4-7,9-11H2,1-3H3/b13-8+. The number of Topliss-reactive ketones (excluding diaryl/α,β-unsaturated/α-hetero) is 1. The molecule has 0 radical (unpaired) electrons. The van der Waals surface area contributed by atoms with Crippen LogP contribution in [0.5, 0.6) is 0 Å². The van der Waals surface area contributed by atoms with E-state index in [2.05, 4.69) is 6.92 Å². The van der Waals surface area contributed by atoms with Gasteiger partial charge in [0.25, 0.3) is 0 Å². The third-order valence-corrected chi connectivity index (χ3v) is 3.12. The van der Waals surface area contributed by atoms with Crippen LogP contribution in [0.4, 0.5) is 0 Å². The lowest BCUT2D eigenvalue weighted by atomic mass is 10.0. The van der Waals surface area contributed by atoms with Gasteiger partial charge in [-0.25, -0.2) is 0 Å². The van der Waals surface area contributed by atoms with E-state index in [4.69, 9.17) is 9.47 Å². The predicted molar refractivity (Wildman–Crippen MR) is 67.8 cm³/mol. The summed E-state index contributed by atoms with van der Waals surface area (Å²) in [6, 6.07) is 0. The summed E-state index contributed by atoms with van der Waals surface area (Å²) in [5, 5.41) is 0. The molecule has 1 fully saturated rings. The van der Waals surface area contributed by atoms with Crippen LogP contribution in [-0.2, 0) is 14.3 Å². The molecular formula is C14H24O3. The van der Waals surface area contributed by atoms with Gasteiger partial charge < -0.3 is 9.47 Å². The molecular weight excluding hydrogens is 216 g/mol. The van der Waals surface area contributed by atoms with Crippen molar-refractivity contribution >= 4 is 5.78 Å². The second-order valence-corrected chi connectivity index (χ2v) is 4.78. The van der Waals surface area contributed by atoms with Gasteiger partial charge in [0.05, 0.1) is 13.2 Å². The maximum atomic E-state index is 11.5. The molecule has 0 atom stereocenters. The number of rotatable bonds is 7. The number of hydrogen-bond donors (Lipinski definition) is 0. The van der Waals surface area contributed by atoms with Crippen LogP contribution in [0.25, 0.3) is 0 Å². The predicted octanol–water partition coefficient (Wildman–Crippen LogP) is 3.24. The molecule has 0 aromatic heterocycles. The van der Waals surface area contributed by atoms with Crippen molar-refractivity contribution in [3.8, 4) is 0 Å². The number of carbonyl (C=O) groups is 1. The molecule has 1 rings (SSSR count). The van der Waals surface area contributed by atoms with Crippen molar-refractivity contribution in [3.05, 3.63) is 11.6 Å². The zero-order valence-corrected chi connectivity index (χ0v) is 11.3. The van der Waals surface area contributed by atoms with E-state index in [9.17, 15) is 4.79 Å². The number of hydrogen-bond acceptors (Lipinski definition) is 3. The number of ketones is 1. The average molecular weight is 240 g/mol. The highest BCUT2D eigenvalue weighted by Crippen LogP contribution is 2.24. The first-order valence-electron chi connectivity index (χ1n) is 6.55. The molecule has 17 heavy (non-hydrogen) atoms. The lowest BCUT2D eigenvalue weighted by Crippen LogP contribution is -2.24. The van der Waals surface area contributed by atoms with Crippen LogP contribution < -0.4 is 0 Å². The zero-order chi connectivity index (χ0) is 12.7. The number of allylic oxidation sites excluding steroid dienone is 1. The van der Waals surface area contributed by atoms with Crippen LogP contribution >= 0.6 is 0 Å². The fourth-order valence-corrected chi connectivity index (χ4v) is 1.97. The molecule has 1 heterocycles. The van der Waals surface area contributed by atoms with Gasteiger partial charge in [-0.2, -0.15) is 0 Å². The quantitative estimate of drug-likeness (QED) is 0.506. The van der Waals surface area contributed by atoms with Gasteiger partial charge in [0.1, 0.15) is 0 Å². The van der Waals surface area contributed by atoms with E-state index in [1.54, 1.807) is 6.92 Å². The third-order valence-electron chi connectivity index (χ3n) is 3.12. The van der Waals surface area contributed by atoms with E-state index >= 15 is 0 Å². The largest absolute Gasteiger partial charge is 0.348 e. The summed E-state index contributed by atoms with van der Waals surface area (Å²) in [4.78, 5) is 11.5. The van der Waals surface area contributed by atoms with Crippen LogP contribution in [0.2, 0.25) is 0 Å². The summed E-state index contributed by atoms with van der Waals surface area (Å²) < 4.78 is 11.0. The molecule has 3 heteroatoms. The first kappa shape index (κ1) is 14.4. The topological polar surface area (TPSA) is 35.5 Å². The van der Waals surface area contributed by atoms with Crippen LogP contribution in [0.1, 0.15) is 52.9 Å². The van der Waals surface area contributed by atoms with Crippen molar-refractivity contribution in [3.63, 3.8) is 0 Å². The maximum Gasteiger partial charge on any atom is 0.169 e. The van der Waals surface area contributed by atoms with Gasteiger partial charge in [0.15, 0.2) is 11.6 Å². The first-order valence-corrected chi connectivity index (χ1v) is 6.55. The van der Waals surface area contributed by atoms with Crippen LogP contribution in [0.3, 0.4) is 0 Å². The highest BCUT2D eigenvalue weighted by atomic mass is 16.7. The first-order chi connectivity index (χ1) is 8.07. The fourth-order valence-electron chi connectivity index (χ4n) is 1.97. The molecule has 1 aliphatic rings. The van der Waals surface area contributed by atoms with E-state index in [1.165, 1.54) is 12.8 Å². The number of unbranched alkanes of at least 4 members (excludes halogenated alkanes) is 2. The van der Waals surface area contributed by atoms with Gasteiger partial charge in [0, 0.05) is 6.42 Å². The number of ether oxygens (including phenoxy) is 2. The summed E-state index contributed by atoms with van der Waals surface area (Å²) in [6.45, 7) is 7.03. The van der Waals surface area contributed by atoms with Gasteiger partial charge >= 0.3 is 0 Å². The molecule has 1 aliphatic heterocycles. The minimum atomic E-state index is -0.522. The van der Waals surface area contributed by atoms with E-state index in [0.29, 0.717) is 19.6 Å². The zero-order valence-electron chi connectivity index (χ0n) is 11.3.